The molecule has 0 spiro atoms. The van der Waals surface area contributed by atoms with E-state index in [1.54, 1.807) is 5.12 Å². The van der Waals surface area contributed by atoms with Crippen molar-refractivity contribution >= 4 is 11.6 Å². The molecule has 1 heterocycles. The van der Waals surface area contributed by atoms with Gasteiger partial charge in [-0.25, -0.2) is 5.53 Å². The standard InChI is InChI=1S/C24H40N4O2/c1-15-25-27-28(26-15)14-21(29)20-8-7-18-17-6-5-16-13-22(2,30)11-12-23(16,3)19(17)9-10-24(18,20)4/h16-20,27,30H,5-14H2,1-4H3,(H,25,26). The first kappa shape index (κ1) is 20.7. The lowest BCUT2D eigenvalue weighted by Gasteiger charge is -2.61. The van der Waals surface area contributed by atoms with Crippen LogP contribution in [0.3, 0.4) is 0 Å². The van der Waals surface area contributed by atoms with Crippen molar-refractivity contribution in [2.75, 3.05) is 6.54 Å². The van der Waals surface area contributed by atoms with Crippen LogP contribution < -0.4 is 11.0 Å². The van der Waals surface area contributed by atoms with Crippen LogP contribution in [0.5, 0.6) is 0 Å². The Balaban J connectivity index is 1.31. The Hall–Kier alpha value is -1.14. The van der Waals surface area contributed by atoms with E-state index in [1.165, 1.54) is 38.5 Å². The predicted molar refractivity (Wildman–Crippen MR) is 117 cm³/mol. The van der Waals surface area contributed by atoms with Gasteiger partial charge in [-0.15, -0.1) is 10.2 Å². The molecular formula is C24H40N4O2. The number of ketones is 1. The molecule has 6 nitrogen and oxygen atoms in total. The Kier molecular flexibility index (Phi) is 4.79. The number of carbonyl (C=O) groups excluding carboxylic acids is 1. The fraction of sp³-hybridized carbons (Fsp3) is 0.917. The van der Waals surface area contributed by atoms with Crippen LogP contribution in [0.4, 0.5) is 0 Å². The number of amidine groups is 1. The highest BCUT2D eigenvalue weighted by Crippen LogP contribution is 2.68. The average Bonchev–Trinajstić information content (AvgIpc) is 3.24. The van der Waals surface area contributed by atoms with Gasteiger partial charge in [0.1, 0.15) is 5.84 Å². The highest BCUT2D eigenvalue weighted by molar-refractivity contribution is 5.85. The van der Waals surface area contributed by atoms with Gasteiger partial charge in [0.05, 0.1) is 12.1 Å². The third-order valence-corrected chi connectivity index (χ3v) is 10.3. The third kappa shape index (κ3) is 3.12. The molecule has 168 valence electrons. The van der Waals surface area contributed by atoms with Crippen LogP contribution in [-0.2, 0) is 4.79 Å². The summed E-state index contributed by atoms with van der Waals surface area (Å²) < 4.78 is 0. The number of hydrazone groups is 1. The lowest BCUT2D eigenvalue weighted by Crippen LogP contribution is -2.56. The number of fused-ring (bicyclic) bond motifs is 5. The Labute approximate surface area is 181 Å². The van der Waals surface area contributed by atoms with Crippen LogP contribution in [0.25, 0.3) is 0 Å². The van der Waals surface area contributed by atoms with Gasteiger partial charge in [0, 0.05) is 5.92 Å². The highest BCUT2D eigenvalue weighted by Gasteiger charge is 2.61. The minimum absolute atomic E-state index is 0.150. The van der Waals surface area contributed by atoms with Gasteiger partial charge in [0.15, 0.2) is 5.78 Å². The molecule has 0 bridgehead atoms. The number of nitrogens with zero attached hydrogens (tertiary/aromatic N) is 2. The number of rotatable bonds is 3. The number of hydrogen-bond acceptors (Lipinski definition) is 6. The number of aliphatic hydroxyl groups is 1. The van der Waals surface area contributed by atoms with E-state index in [-0.39, 0.29) is 11.3 Å². The molecule has 4 aliphatic carbocycles. The van der Waals surface area contributed by atoms with Gasteiger partial charge >= 0.3 is 0 Å². The Morgan fingerprint density at radius 2 is 1.83 bits per heavy atom. The van der Waals surface area contributed by atoms with Gasteiger partial charge in [-0.2, -0.15) is 0 Å². The third-order valence-electron chi connectivity index (χ3n) is 10.3. The van der Waals surface area contributed by atoms with Gasteiger partial charge in [-0.1, -0.05) is 13.8 Å². The largest absolute Gasteiger partial charge is 0.390 e. The Bertz CT molecular complexity index is 751. The van der Waals surface area contributed by atoms with E-state index in [1.807, 2.05) is 13.8 Å². The summed E-state index contributed by atoms with van der Waals surface area (Å²) in [5, 5.41) is 16.5. The molecule has 5 aliphatic rings. The van der Waals surface area contributed by atoms with Crippen molar-refractivity contribution in [1.29, 1.82) is 0 Å². The van der Waals surface area contributed by atoms with Crippen molar-refractivity contribution < 1.29 is 9.90 Å². The zero-order chi connectivity index (χ0) is 21.3. The molecule has 8 atom stereocenters. The van der Waals surface area contributed by atoms with Gasteiger partial charge in [-0.3, -0.25) is 10.2 Å². The first-order valence-electron chi connectivity index (χ1n) is 12.2. The molecule has 0 amide bonds. The summed E-state index contributed by atoms with van der Waals surface area (Å²) >= 11 is 0. The number of hydrogen-bond donors (Lipinski definition) is 3. The fourth-order valence-corrected chi connectivity index (χ4v) is 8.68. The second-order valence-electron chi connectivity index (χ2n) is 12.0. The smallest absolute Gasteiger partial charge is 0.154 e. The van der Waals surface area contributed by atoms with Crippen molar-refractivity contribution in [3.63, 3.8) is 0 Å². The molecule has 4 fully saturated rings. The number of hydrazine groups is 2. The average molecular weight is 417 g/mol. The Morgan fingerprint density at radius 3 is 2.57 bits per heavy atom. The fourth-order valence-electron chi connectivity index (χ4n) is 8.68. The zero-order valence-corrected chi connectivity index (χ0v) is 19.2. The summed E-state index contributed by atoms with van der Waals surface area (Å²) in [6.07, 6.45) is 10.4. The van der Waals surface area contributed by atoms with E-state index in [9.17, 15) is 9.90 Å². The number of carbonyl (C=O) groups is 1. The molecule has 5 rings (SSSR count). The molecule has 6 heteroatoms. The highest BCUT2D eigenvalue weighted by atomic mass is 16.3. The first-order valence-corrected chi connectivity index (χ1v) is 12.2. The minimum atomic E-state index is -0.467. The van der Waals surface area contributed by atoms with Crippen LogP contribution in [0.2, 0.25) is 0 Å². The predicted octanol–water partition coefficient (Wildman–Crippen LogP) is 3.62. The van der Waals surface area contributed by atoms with Gasteiger partial charge in [-0.05, 0) is 106 Å². The maximum Gasteiger partial charge on any atom is 0.154 e. The van der Waals surface area contributed by atoms with E-state index >= 15 is 0 Å². The van der Waals surface area contributed by atoms with Crippen molar-refractivity contribution in [3.8, 4) is 0 Å². The molecular weight excluding hydrogens is 376 g/mol. The molecule has 4 saturated carbocycles. The number of Topliss-reactive ketones (excluding diaryl/α,β-unsaturated/α-hetero) is 1. The van der Waals surface area contributed by atoms with Crippen LogP contribution in [-0.4, -0.2) is 34.0 Å². The Morgan fingerprint density at radius 1 is 1.07 bits per heavy atom. The van der Waals surface area contributed by atoms with Crippen molar-refractivity contribution in [1.82, 2.24) is 16.1 Å². The molecule has 0 aromatic carbocycles. The van der Waals surface area contributed by atoms with E-state index in [4.69, 9.17) is 0 Å². The maximum absolute atomic E-state index is 13.3. The molecule has 0 radical (unpaired) electrons. The van der Waals surface area contributed by atoms with E-state index < -0.39 is 5.60 Å². The topological polar surface area (TPSA) is 77.0 Å². The minimum Gasteiger partial charge on any atom is -0.390 e. The second-order valence-corrected chi connectivity index (χ2v) is 12.0. The summed E-state index contributed by atoms with van der Waals surface area (Å²) in [5.41, 5.74) is 6.08. The summed E-state index contributed by atoms with van der Waals surface area (Å²) in [6, 6.07) is 0. The maximum atomic E-state index is 13.3. The molecule has 0 saturated heterocycles. The monoisotopic (exact) mass is 416 g/mol. The molecule has 0 aromatic rings. The van der Waals surface area contributed by atoms with Crippen LogP contribution in [0.1, 0.15) is 85.5 Å². The normalized spacial score (nSPS) is 50.6. The SMILES string of the molecule is CC1=NNN(CC(=O)C2CCC3C4CCC5CC(C)(O)CCC5(C)C4CCC23C)N1. The van der Waals surface area contributed by atoms with Crippen LogP contribution >= 0.6 is 0 Å². The molecule has 8 unspecified atom stereocenters. The molecule has 3 N–H and O–H groups in total. The lowest BCUT2D eigenvalue weighted by molar-refractivity contribution is -0.151. The van der Waals surface area contributed by atoms with E-state index in [2.05, 4.69) is 29.9 Å². The van der Waals surface area contributed by atoms with Gasteiger partial charge < -0.3 is 5.11 Å². The first-order chi connectivity index (χ1) is 14.1. The molecule has 30 heavy (non-hydrogen) atoms. The summed E-state index contributed by atoms with van der Waals surface area (Å²) in [7, 11) is 0. The van der Waals surface area contributed by atoms with Crippen molar-refractivity contribution in [2.45, 2.75) is 91.1 Å². The van der Waals surface area contributed by atoms with E-state index in [0.717, 1.165) is 36.9 Å². The molecule has 1 aliphatic heterocycles. The van der Waals surface area contributed by atoms with E-state index in [0.29, 0.717) is 29.6 Å². The summed E-state index contributed by atoms with van der Waals surface area (Å²) in [5.74, 6) is 4.22. The van der Waals surface area contributed by atoms with Gasteiger partial charge in [0.25, 0.3) is 0 Å². The summed E-state index contributed by atoms with van der Waals surface area (Å²) in [4.78, 5) is 13.3. The quantitative estimate of drug-likeness (QED) is 0.655. The zero-order valence-electron chi connectivity index (χ0n) is 19.2. The lowest BCUT2D eigenvalue weighted by atomic mass is 9.44. The molecule has 0 aromatic heterocycles. The van der Waals surface area contributed by atoms with Gasteiger partial charge in [0.2, 0.25) is 0 Å². The van der Waals surface area contributed by atoms with Crippen molar-refractivity contribution in [2.24, 2.45) is 45.5 Å². The van der Waals surface area contributed by atoms with Crippen molar-refractivity contribution in [3.05, 3.63) is 0 Å². The summed E-state index contributed by atoms with van der Waals surface area (Å²) in [6.45, 7) is 9.28. The number of nitrogens with one attached hydrogen (secondary N) is 2. The van der Waals surface area contributed by atoms with Crippen LogP contribution in [0.15, 0.2) is 5.10 Å². The second kappa shape index (κ2) is 6.93. The van der Waals surface area contributed by atoms with Crippen LogP contribution in [0, 0.1) is 40.4 Å².